The van der Waals surface area contributed by atoms with Crippen LogP contribution in [0, 0.1) is 0 Å². The van der Waals surface area contributed by atoms with E-state index >= 15 is 0 Å². The minimum atomic E-state index is 0.922. The Morgan fingerprint density at radius 3 is 1.88 bits per heavy atom. The normalized spacial score (nSPS) is 12.1. The van der Waals surface area contributed by atoms with Crippen LogP contribution in [0.5, 0.6) is 0 Å². The summed E-state index contributed by atoms with van der Waals surface area (Å²) in [6.45, 7) is 0. The molecule has 0 bridgehead atoms. The molecule has 9 aromatic rings. The largest absolute Gasteiger partial charge is 0.455 e. The molecule has 0 amide bonds. The molecule has 0 aliphatic heterocycles. The van der Waals surface area contributed by atoms with Crippen LogP contribution in [-0.4, -0.2) is 9.13 Å². The van der Waals surface area contributed by atoms with E-state index in [0.29, 0.717) is 0 Å². The number of nitrogens with zero attached hydrogens (tertiary/aromatic N) is 2. The summed E-state index contributed by atoms with van der Waals surface area (Å²) in [4.78, 5) is 0. The summed E-state index contributed by atoms with van der Waals surface area (Å²) < 4.78 is 11.1. The van der Waals surface area contributed by atoms with Gasteiger partial charge in [-0.05, 0) is 29.8 Å². The van der Waals surface area contributed by atoms with Crippen molar-refractivity contribution in [2.24, 2.45) is 14.1 Å². The van der Waals surface area contributed by atoms with Gasteiger partial charge in [0.05, 0.1) is 11.0 Å². The van der Waals surface area contributed by atoms with Crippen molar-refractivity contribution in [1.29, 1.82) is 0 Å². The maximum Gasteiger partial charge on any atom is 0.143 e. The number of rotatable bonds is 2. The van der Waals surface area contributed by atoms with Crippen molar-refractivity contribution in [3.63, 3.8) is 0 Å². The minimum Gasteiger partial charge on any atom is -0.455 e. The molecule has 0 spiro atoms. The number of para-hydroxylation sites is 5. The predicted octanol–water partition coefficient (Wildman–Crippen LogP) is 10.2. The molecule has 3 nitrogen and oxygen atoms in total. The van der Waals surface area contributed by atoms with Crippen LogP contribution in [0.25, 0.3) is 87.8 Å². The van der Waals surface area contributed by atoms with E-state index in [-0.39, 0.29) is 0 Å². The summed E-state index contributed by atoms with van der Waals surface area (Å²) in [6, 6.07) is 43.7. The first-order valence-corrected chi connectivity index (χ1v) is 14.1. The molecule has 6 aromatic carbocycles. The maximum absolute atomic E-state index is 6.46. The molecule has 0 unspecified atom stereocenters. The number of aryl methyl sites for hydroxylation is 2. The molecule has 0 fully saturated rings. The molecule has 0 saturated carbocycles. The molecule has 3 heterocycles. The lowest BCUT2D eigenvalue weighted by Gasteiger charge is -2.10. The van der Waals surface area contributed by atoms with Crippen LogP contribution >= 0.6 is 0 Å². The van der Waals surface area contributed by atoms with Crippen molar-refractivity contribution >= 4 is 65.6 Å². The third kappa shape index (κ3) is 2.98. The molecule has 194 valence electrons. The van der Waals surface area contributed by atoms with Crippen LogP contribution < -0.4 is 0 Å². The molecule has 3 heteroatoms. The zero-order valence-electron chi connectivity index (χ0n) is 22.8. The first-order valence-electron chi connectivity index (χ1n) is 14.1. The van der Waals surface area contributed by atoms with E-state index in [1.807, 2.05) is 6.07 Å². The van der Waals surface area contributed by atoms with Crippen LogP contribution in [-0.2, 0) is 14.1 Å². The van der Waals surface area contributed by atoms with Crippen molar-refractivity contribution in [3.05, 3.63) is 121 Å². The first-order chi connectivity index (χ1) is 20.2. The fourth-order valence-corrected chi connectivity index (χ4v) is 7.10. The quantitative estimate of drug-likeness (QED) is 0.220. The van der Waals surface area contributed by atoms with Gasteiger partial charge in [-0.25, -0.2) is 0 Å². The van der Waals surface area contributed by atoms with Crippen LogP contribution in [0.15, 0.2) is 126 Å². The van der Waals surface area contributed by atoms with Gasteiger partial charge in [0.25, 0.3) is 0 Å². The fourth-order valence-electron chi connectivity index (χ4n) is 7.10. The molecular weight excluding hydrogens is 500 g/mol. The van der Waals surface area contributed by atoms with Crippen LogP contribution in [0.3, 0.4) is 0 Å². The molecule has 0 saturated heterocycles. The highest BCUT2D eigenvalue weighted by atomic mass is 16.3. The lowest BCUT2D eigenvalue weighted by Crippen LogP contribution is -1.92. The second-order valence-electron chi connectivity index (χ2n) is 11.1. The van der Waals surface area contributed by atoms with Gasteiger partial charge in [-0.3, -0.25) is 0 Å². The van der Waals surface area contributed by atoms with Gasteiger partial charge < -0.3 is 13.6 Å². The Labute approximate surface area is 236 Å². The predicted molar refractivity (Wildman–Crippen MR) is 173 cm³/mol. The summed E-state index contributed by atoms with van der Waals surface area (Å²) in [5.74, 6) is 0. The van der Waals surface area contributed by atoms with Gasteiger partial charge in [-0.2, -0.15) is 0 Å². The number of fused-ring (bicyclic) bond motifs is 9. The Balaban J connectivity index is 1.34. The second-order valence-corrected chi connectivity index (χ2v) is 11.1. The summed E-state index contributed by atoms with van der Waals surface area (Å²) >= 11 is 0. The highest BCUT2D eigenvalue weighted by molar-refractivity contribution is 6.19. The maximum atomic E-state index is 6.46. The summed E-state index contributed by atoms with van der Waals surface area (Å²) in [5.41, 5.74) is 11.6. The van der Waals surface area contributed by atoms with Gasteiger partial charge in [0.2, 0.25) is 0 Å². The zero-order valence-corrected chi connectivity index (χ0v) is 22.8. The Morgan fingerprint density at radius 2 is 1.05 bits per heavy atom. The summed E-state index contributed by atoms with van der Waals surface area (Å²) in [7, 11) is 4.35. The third-order valence-corrected chi connectivity index (χ3v) is 8.95. The van der Waals surface area contributed by atoms with Crippen molar-refractivity contribution in [3.8, 4) is 22.3 Å². The smallest absolute Gasteiger partial charge is 0.143 e. The van der Waals surface area contributed by atoms with Crippen molar-refractivity contribution in [2.45, 2.75) is 0 Å². The third-order valence-electron chi connectivity index (χ3n) is 8.95. The SMILES string of the molecule is Cn1c2ccccc2c2cc(-c3cccc4c5cccc(-c6cccc7c6oc6ccccc67)c5n(C)c34)ccc21. The fraction of sp³-hybridized carbons (Fsp3) is 0.0526. The molecule has 0 aliphatic rings. The van der Waals surface area contributed by atoms with E-state index in [2.05, 4.69) is 138 Å². The number of hydrogen-bond donors (Lipinski definition) is 0. The van der Waals surface area contributed by atoms with Gasteiger partial charge in [0.1, 0.15) is 11.2 Å². The second kappa shape index (κ2) is 8.12. The van der Waals surface area contributed by atoms with Crippen molar-refractivity contribution in [2.75, 3.05) is 0 Å². The molecule has 0 aliphatic carbocycles. The standard InChI is InChI=1S/C38H26N2O/c1-39-33-18-5-3-10-25(33)32-22-23(20-21-34(32)39)24-12-7-13-27-28-14-8-15-29(37(28)40(2)36(24)27)31-17-9-16-30-26-11-4-6-19-35(26)41-38(30)31/h3-22H,1-2H3. The first kappa shape index (κ1) is 22.5. The average molecular weight is 527 g/mol. The Morgan fingerprint density at radius 1 is 0.439 bits per heavy atom. The Hall–Kier alpha value is -5.28. The van der Waals surface area contributed by atoms with E-state index < -0.39 is 0 Å². The number of hydrogen-bond acceptors (Lipinski definition) is 1. The van der Waals surface area contributed by atoms with E-state index in [0.717, 1.165) is 27.5 Å². The Bertz CT molecular complexity index is 2500. The number of aromatic nitrogens is 2. The van der Waals surface area contributed by atoms with Gasteiger partial charge in [0.15, 0.2) is 0 Å². The molecule has 9 rings (SSSR count). The van der Waals surface area contributed by atoms with Crippen LogP contribution in [0.4, 0.5) is 0 Å². The molecular formula is C38H26N2O. The highest BCUT2D eigenvalue weighted by Crippen LogP contribution is 2.43. The van der Waals surface area contributed by atoms with Crippen molar-refractivity contribution in [1.82, 2.24) is 9.13 Å². The van der Waals surface area contributed by atoms with Gasteiger partial charge in [-0.15, -0.1) is 0 Å². The van der Waals surface area contributed by atoms with E-state index in [9.17, 15) is 0 Å². The van der Waals surface area contributed by atoms with Gasteiger partial charge >= 0.3 is 0 Å². The molecule has 0 radical (unpaired) electrons. The van der Waals surface area contributed by atoms with Gasteiger partial charge in [0, 0.05) is 74.1 Å². The minimum absolute atomic E-state index is 0.922. The van der Waals surface area contributed by atoms with Crippen LogP contribution in [0.1, 0.15) is 0 Å². The molecule has 0 atom stereocenters. The monoisotopic (exact) mass is 526 g/mol. The van der Waals surface area contributed by atoms with E-state index in [1.54, 1.807) is 0 Å². The number of furan rings is 1. The summed E-state index contributed by atoms with van der Waals surface area (Å²) in [6.07, 6.45) is 0. The molecule has 0 N–H and O–H groups in total. The lowest BCUT2D eigenvalue weighted by molar-refractivity contribution is 0.670. The molecule has 3 aromatic heterocycles. The topological polar surface area (TPSA) is 23.0 Å². The van der Waals surface area contributed by atoms with Crippen molar-refractivity contribution < 1.29 is 4.42 Å². The summed E-state index contributed by atoms with van der Waals surface area (Å²) in [5, 5.41) is 7.39. The molecule has 41 heavy (non-hydrogen) atoms. The number of benzene rings is 6. The zero-order chi connectivity index (χ0) is 27.2. The average Bonchev–Trinajstić information content (AvgIpc) is 3.65. The van der Waals surface area contributed by atoms with E-state index in [4.69, 9.17) is 4.42 Å². The van der Waals surface area contributed by atoms with Crippen LogP contribution in [0.2, 0.25) is 0 Å². The lowest BCUT2D eigenvalue weighted by atomic mass is 9.98. The Kier molecular flexibility index (Phi) is 4.46. The van der Waals surface area contributed by atoms with E-state index in [1.165, 1.54) is 60.3 Å². The highest BCUT2D eigenvalue weighted by Gasteiger charge is 2.19. The van der Waals surface area contributed by atoms with Gasteiger partial charge in [-0.1, -0.05) is 97.1 Å².